The van der Waals surface area contributed by atoms with Crippen LogP contribution in [0.3, 0.4) is 0 Å². The first-order chi connectivity index (χ1) is 40.1. The summed E-state index contributed by atoms with van der Waals surface area (Å²) in [4.78, 5) is 125. The van der Waals surface area contributed by atoms with E-state index in [1.54, 1.807) is 0 Å². The fourth-order valence-electron chi connectivity index (χ4n) is 9.14. The predicted octanol–water partition coefficient (Wildman–Crippen LogP) is -5.86. The van der Waals surface area contributed by atoms with Crippen molar-refractivity contribution in [2.75, 3.05) is 57.3 Å². The van der Waals surface area contributed by atoms with Crippen LogP contribution >= 0.6 is 39.1 Å². The third-order valence-corrected chi connectivity index (χ3v) is 16.9. The molecule has 0 saturated carbocycles. The lowest BCUT2D eigenvalue weighted by molar-refractivity contribution is -0.646. The molecular weight excluding hydrogens is 1280 g/mol. The van der Waals surface area contributed by atoms with Crippen molar-refractivity contribution in [2.24, 2.45) is 7.05 Å². The number of anilines is 3. The van der Waals surface area contributed by atoms with Gasteiger partial charge in [0, 0.05) is 7.11 Å². The highest BCUT2D eigenvalue weighted by molar-refractivity contribution is 7.48. The number of rotatable bonds is 26. The van der Waals surface area contributed by atoms with Crippen molar-refractivity contribution >= 4 is 90.3 Å². The molecule has 0 amide bonds. The van der Waals surface area contributed by atoms with E-state index in [4.69, 9.17) is 63.3 Å². The average molecular weight is 1330 g/mol. The van der Waals surface area contributed by atoms with Crippen LogP contribution in [0.1, 0.15) is 18.7 Å². The largest absolute Gasteiger partial charge is 0.472 e. The Morgan fingerprint density at radius 1 is 0.593 bits per heavy atom. The van der Waals surface area contributed by atoms with Crippen LogP contribution in [0.15, 0.2) is 34.9 Å². The number of phosphoric acid groups is 5. The average Bonchev–Trinajstić information content (AvgIpc) is 4.03. The van der Waals surface area contributed by atoms with Crippen LogP contribution in [0.2, 0.25) is 0 Å². The molecule has 3 aliphatic rings. The molecule has 6 aromatic heterocycles. The van der Waals surface area contributed by atoms with Gasteiger partial charge in [0.05, 0.1) is 52.7 Å². The fourth-order valence-corrected chi connectivity index (χ4v) is 12.7. The number of nitrogens with zero attached hydrogens (tertiary/aromatic N) is 10. The minimum Gasteiger partial charge on any atom is -0.387 e. The summed E-state index contributed by atoms with van der Waals surface area (Å²) in [5, 5.41) is 43.5. The second-order valence-corrected chi connectivity index (χ2v) is 25.4. The second kappa shape index (κ2) is 25.0. The van der Waals surface area contributed by atoms with E-state index in [2.05, 4.69) is 48.9 Å². The van der Waals surface area contributed by atoms with Gasteiger partial charge in [-0.2, -0.15) is 14.5 Å². The molecule has 50 heteroatoms. The lowest BCUT2D eigenvalue weighted by Gasteiger charge is -2.28. The molecule has 3 saturated heterocycles. The lowest BCUT2D eigenvalue weighted by atomic mass is 10.1. The molecule has 45 nitrogen and oxygen atoms in total. The van der Waals surface area contributed by atoms with Crippen LogP contribution in [0.4, 0.5) is 17.7 Å². The summed E-state index contributed by atoms with van der Waals surface area (Å²) < 4.78 is 132. The molecule has 19 N–H and O–H groups in total. The van der Waals surface area contributed by atoms with E-state index in [-0.39, 0.29) is 51.2 Å². The fraction of sp³-hybridized carbons (Fsp3) is 0.583. The number of aromatic nitrogens is 12. The number of ether oxygens (including phenoxy) is 4. The zero-order valence-electron chi connectivity index (χ0n) is 43.5. The van der Waals surface area contributed by atoms with Gasteiger partial charge in [-0.15, -0.1) is 0 Å². The van der Waals surface area contributed by atoms with E-state index in [0.717, 1.165) is 35.2 Å². The van der Waals surface area contributed by atoms with E-state index in [1.165, 1.54) is 22.5 Å². The van der Waals surface area contributed by atoms with Crippen molar-refractivity contribution < 1.29 is 137 Å². The number of nitrogen functional groups attached to an aromatic ring is 3. The first-order valence-electron chi connectivity index (χ1n) is 24.1. The van der Waals surface area contributed by atoms with Crippen molar-refractivity contribution in [1.82, 2.24) is 53.6 Å². The van der Waals surface area contributed by atoms with Crippen molar-refractivity contribution in [1.29, 1.82) is 0 Å². The van der Waals surface area contributed by atoms with Crippen molar-refractivity contribution in [3.05, 3.63) is 46.0 Å². The van der Waals surface area contributed by atoms with Gasteiger partial charge in [-0.25, -0.2) is 47.3 Å². The number of nitrogens with two attached hydrogens (primary N) is 3. The third kappa shape index (κ3) is 14.5. The number of hydrogen-bond donors (Lipinski definition) is 16. The summed E-state index contributed by atoms with van der Waals surface area (Å²) in [5.41, 5.74) is 15.3. The Balaban J connectivity index is 0.875. The number of hydrogen-bond acceptors (Lipinski definition) is 32. The number of methoxy groups -OCH3 is 1. The number of H-pyrrole nitrogens is 2. The molecule has 0 spiro atoms. The first-order valence-corrected chi connectivity index (χ1v) is 31.7. The number of fused-ring (bicyclic) bond motifs is 3. The van der Waals surface area contributed by atoms with Crippen LogP contribution in [0.5, 0.6) is 0 Å². The number of aryl methyl sites for hydroxylation is 1. The maximum absolute atomic E-state index is 13.8. The van der Waals surface area contributed by atoms with Gasteiger partial charge in [0.25, 0.3) is 16.7 Å². The summed E-state index contributed by atoms with van der Waals surface area (Å²) in [5.74, 6) is -0.788. The Kier molecular flexibility index (Phi) is 19.0. The maximum atomic E-state index is 13.8. The number of imidazole rings is 3. The van der Waals surface area contributed by atoms with Crippen LogP contribution in [-0.4, -0.2) is 216 Å². The monoisotopic (exact) mass is 1330 g/mol. The molecule has 9 rings (SSSR count). The number of phosphoric ester groups is 5. The molecule has 0 radical (unpaired) electrons. The Labute approximate surface area is 476 Å². The van der Waals surface area contributed by atoms with Gasteiger partial charge >= 0.3 is 44.7 Å². The van der Waals surface area contributed by atoms with Gasteiger partial charge in [-0.1, -0.05) is 0 Å². The van der Waals surface area contributed by atoms with Gasteiger partial charge in [-0.05, 0) is 0 Å². The van der Waals surface area contributed by atoms with Gasteiger partial charge in [-0.3, -0.25) is 64.9 Å². The minimum absolute atomic E-state index is 0.0155. The SMILES string of the molecule is CO[C@H]1C(n2cnc3c(N)ncnc32)O[C@H](COP(=O)(O)OCC(OP(=O)(O)O)C(COP(=O)(O)OC[C@H]2OC(n3c[n+](C)c4c(=O)[nH]c(N)nc43)[C@H](O)[C@@H]2O)OP(=O)(O)O)[C@H]1OP(=O)(O)OCC1O[C@@H](n2cnc3c(=O)[nH]c(N)nc32)[C@H](O)[C@@H]1O. The lowest BCUT2D eigenvalue weighted by Crippen LogP contribution is -2.38. The van der Waals surface area contributed by atoms with Crippen molar-refractivity contribution in [2.45, 2.75) is 85.8 Å². The van der Waals surface area contributed by atoms with Crippen LogP contribution in [0.25, 0.3) is 33.5 Å². The maximum Gasteiger partial charge on any atom is 0.472 e. The highest BCUT2D eigenvalue weighted by Crippen LogP contribution is 2.53. The smallest absolute Gasteiger partial charge is 0.387 e. The van der Waals surface area contributed by atoms with Gasteiger partial charge < -0.3 is 90.8 Å². The van der Waals surface area contributed by atoms with E-state index >= 15 is 0 Å². The molecule has 8 unspecified atom stereocenters. The van der Waals surface area contributed by atoms with Crippen LogP contribution in [0, 0.1) is 0 Å². The Morgan fingerprint density at radius 2 is 1.07 bits per heavy atom. The van der Waals surface area contributed by atoms with E-state index in [0.29, 0.717) is 0 Å². The Morgan fingerprint density at radius 3 is 1.62 bits per heavy atom. The standard InChI is InChI=1S/C36H52N15O30P5/c1-48-11-51(29-19(48)31(57)47-36(39)45-29)33-23(55)21(53)14(77-33)5-73-84(64,65)71-3-12(79-82(58,59)60)13(80-83(61,62)63)4-72-85(66,67)74-7-16-24(25(70-2)34(78-16)49-9-42-17-26(37)40-8-41-27(17)49)81-86(68,69)75-6-15-20(52)22(54)32(76-15)50-10-43-18-28(50)44-35(38)46-30(18)56/h8-16,20-25,32-34,52-55H,3-7H2,1-2H3,(H14-,37,38,39,40,41,44,45,46,47,56,57,58,59,60,61,62,63,64,65,66,67,68,69)/p+1/t12?,13?,14-,15?,16-,20-,21-,22-,23-,24-,25-,32-,33?,34?/m1/s1. The topological polar surface area (TPSA) is 658 Å². The molecule has 3 aliphatic heterocycles. The minimum atomic E-state index is -5.89. The second-order valence-electron chi connectivity index (χ2n) is 18.7. The van der Waals surface area contributed by atoms with Crippen LogP contribution in [-0.2, 0) is 85.0 Å². The molecule has 6 aromatic rings. The normalized spacial score (nSPS) is 28.5. The van der Waals surface area contributed by atoms with E-state index in [9.17, 15) is 87.1 Å². The van der Waals surface area contributed by atoms with E-state index < -0.39 is 169 Å². The zero-order chi connectivity index (χ0) is 62.7. The molecule has 0 aromatic carbocycles. The predicted molar refractivity (Wildman–Crippen MR) is 273 cm³/mol. The first kappa shape index (κ1) is 65.3. The summed E-state index contributed by atoms with van der Waals surface area (Å²) in [6, 6.07) is 0. The molecule has 9 heterocycles. The number of aliphatic hydroxyl groups is 4. The molecule has 86 heavy (non-hydrogen) atoms. The van der Waals surface area contributed by atoms with Gasteiger partial charge in [0.1, 0.15) is 79.0 Å². The molecule has 476 valence electrons. The Hall–Kier alpha value is -5.12. The number of aromatic amines is 2. The van der Waals surface area contributed by atoms with Crippen molar-refractivity contribution in [3.8, 4) is 0 Å². The molecular formula is C36H53N15O30P5+. The summed E-state index contributed by atoms with van der Waals surface area (Å²) in [6.45, 7) is -6.67. The third-order valence-electron chi connectivity index (χ3n) is 12.9. The van der Waals surface area contributed by atoms with E-state index in [1.807, 2.05) is 0 Å². The highest BCUT2D eigenvalue weighted by atomic mass is 31.2. The zero-order valence-corrected chi connectivity index (χ0v) is 48.0. The van der Waals surface area contributed by atoms with Crippen molar-refractivity contribution in [3.63, 3.8) is 0 Å². The molecule has 0 bridgehead atoms. The number of nitrogens with one attached hydrogen (secondary N) is 2. The molecule has 17 atom stereocenters. The molecule has 3 fully saturated rings. The Bertz CT molecular complexity index is 3840. The highest BCUT2D eigenvalue weighted by Gasteiger charge is 2.53. The van der Waals surface area contributed by atoms with Crippen LogP contribution < -0.4 is 32.9 Å². The molecule has 0 aliphatic carbocycles. The summed E-state index contributed by atoms with van der Waals surface area (Å²) in [6.07, 6.45) is -21.5. The summed E-state index contributed by atoms with van der Waals surface area (Å²) >= 11 is 0. The number of aliphatic hydroxyl groups excluding tert-OH is 4. The van der Waals surface area contributed by atoms with Gasteiger partial charge in [0.2, 0.25) is 24.5 Å². The quantitative estimate of drug-likeness (QED) is 0.0178. The summed E-state index contributed by atoms with van der Waals surface area (Å²) in [7, 11) is -26.1. The van der Waals surface area contributed by atoms with Gasteiger partial charge in [0.15, 0.2) is 35.1 Å².